The molecule has 0 spiro atoms. The smallest absolute Gasteiger partial charge is 0.379 e. The number of unbranched alkanes of at least 4 members (excludes halogenated alkanes) is 2. The normalized spacial score (nSPS) is 18.8. The Labute approximate surface area is 149 Å². The summed E-state index contributed by atoms with van der Waals surface area (Å²) in [6.07, 6.45) is 6.88. The molecule has 1 fully saturated rings. The first-order valence-electron chi connectivity index (χ1n) is 9.80. The summed E-state index contributed by atoms with van der Waals surface area (Å²) in [4.78, 5) is 0. The number of rotatable bonds is 17. The number of hydrogen-bond acceptors (Lipinski definition) is 5. The Morgan fingerprint density at radius 1 is 1.00 bits per heavy atom. The highest BCUT2D eigenvalue weighted by Crippen LogP contribution is 2.22. The molecule has 0 amide bonds. The molecule has 0 aliphatic carbocycles. The van der Waals surface area contributed by atoms with Gasteiger partial charge in [-0.1, -0.05) is 40.0 Å². The lowest BCUT2D eigenvalue weighted by molar-refractivity contribution is 0.0195. The van der Waals surface area contributed by atoms with Gasteiger partial charge in [-0.2, -0.15) is 0 Å². The minimum Gasteiger partial charge on any atom is -0.379 e. The van der Waals surface area contributed by atoms with Gasteiger partial charge < -0.3 is 22.8 Å². The highest BCUT2D eigenvalue weighted by Gasteiger charge is 2.42. The van der Waals surface area contributed by atoms with E-state index in [9.17, 15) is 0 Å². The first kappa shape index (κ1) is 22.1. The summed E-state index contributed by atoms with van der Waals surface area (Å²) >= 11 is 0. The Morgan fingerprint density at radius 2 is 1.62 bits per heavy atom. The number of hydrogen-bond donors (Lipinski definition) is 0. The van der Waals surface area contributed by atoms with Crippen molar-refractivity contribution < 1.29 is 22.8 Å². The molecule has 5 nitrogen and oxygen atoms in total. The maximum Gasteiger partial charge on any atom is 0.503 e. The van der Waals surface area contributed by atoms with Gasteiger partial charge >= 0.3 is 8.80 Å². The van der Waals surface area contributed by atoms with E-state index in [1.165, 1.54) is 0 Å². The fourth-order valence-corrected chi connectivity index (χ4v) is 5.07. The Balaban J connectivity index is 2.57. The van der Waals surface area contributed by atoms with Crippen LogP contribution in [0.3, 0.4) is 0 Å². The van der Waals surface area contributed by atoms with Crippen LogP contribution in [0.4, 0.5) is 0 Å². The monoisotopic (exact) mass is 362 g/mol. The van der Waals surface area contributed by atoms with Gasteiger partial charge in [0.15, 0.2) is 0 Å². The molecule has 144 valence electrons. The zero-order valence-electron chi connectivity index (χ0n) is 16.2. The molecule has 6 heteroatoms. The summed E-state index contributed by atoms with van der Waals surface area (Å²) in [5.74, 6) is 0. The molecule has 24 heavy (non-hydrogen) atoms. The van der Waals surface area contributed by atoms with Crippen molar-refractivity contribution in [1.82, 2.24) is 0 Å². The van der Waals surface area contributed by atoms with Gasteiger partial charge in [-0.25, -0.2) is 0 Å². The van der Waals surface area contributed by atoms with Crippen LogP contribution in [-0.4, -0.2) is 54.0 Å². The summed E-state index contributed by atoms with van der Waals surface area (Å²) in [5, 5.41) is 0. The van der Waals surface area contributed by atoms with Crippen molar-refractivity contribution in [3.05, 3.63) is 0 Å². The average Bonchev–Trinajstić information content (AvgIpc) is 3.37. The van der Waals surface area contributed by atoms with Crippen LogP contribution in [0.2, 0.25) is 6.04 Å². The Kier molecular flexibility index (Phi) is 12.2. The third-order valence-electron chi connectivity index (χ3n) is 3.97. The second kappa shape index (κ2) is 13.3. The van der Waals surface area contributed by atoms with Crippen LogP contribution in [-0.2, 0) is 22.8 Å². The van der Waals surface area contributed by atoms with E-state index in [0.29, 0.717) is 32.5 Å². The lowest BCUT2D eigenvalue weighted by atomic mass is 10.2. The van der Waals surface area contributed by atoms with Crippen LogP contribution in [0, 0.1) is 0 Å². The Hall–Kier alpha value is 0.0169. The maximum absolute atomic E-state index is 6.38. The highest BCUT2D eigenvalue weighted by molar-refractivity contribution is 6.60. The van der Waals surface area contributed by atoms with E-state index in [4.69, 9.17) is 22.8 Å². The standard InChI is InChI=1S/C18H38O5Si/c1-5-8-11-21-24(22-12-9-6-2,23-17(4)10-7-3)14-13-19-15-18-16-20-18/h17-18H,5-16H2,1-4H3. The van der Waals surface area contributed by atoms with Crippen LogP contribution >= 0.6 is 0 Å². The van der Waals surface area contributed by atoms with Crippen LogP contribution in [0.25, 0.3) is 0 Å². The second-order valence-corrected chi connectivity index (χ2v) is 9.26. The maximum atomic E-state index is 6.38. The van der Waals surface area contributed by atoms with Gasteiger partial charge in [-0.3, -0.25) is 0 Å². The molecule has 1 aliphatic heterocycles. The summed E-state index contributed by atoms with van der Waals surface area (Å²) in [5.41, 5.74) is 0. The van der Waals surface area contributed by atoms with Crippen LogP contribution < -0.4 is 0 Å². The zero-order valence-corrected chi connectivity index (χ0v) is 17.2. The molecule has 2 unspecified atom stereocenters. The number of ether oxygens (including phenoxy) is 2. The second-order valence-electron chi connectivity index (χ2n) is 6.58. The lowest BCUT2D eigenvalue weighted by Gasteiger charge is -2.32. The molecule has 0 aromatic rings. The summed E-state index contributed by atoms with van der Waals surface area (Å²) in [7, 11) is -2.69. The van der Waals surface area contributed by atoms with E-state index in [1.54, 1.807) is 0 Å². The van der Waals surface area contributed by atoms with Crippen LogP contribution in [0.15, 0.2) is 0 Å². The van der Waals surface area contributed by atoms with Gasteiger partial charge in [-0.05, 0) is 26.2 Å². The van der Waals surface area contributed by atoms with Crippen LogP contribution in [0.1, 0.15) is 66.2 Å². The van der Waals surface area contributed by atoms with E-state index >= 15 is 0 Å². The van der Waals surface area contributed by atoms with E-state index in [1.807, 2.05) is 0 Å². The fraction of sp³-hybridized carbons (Fsp3) is 1.00. The van der Waals surface area contributed by atoms with E-state index in [-0.39, 0.29) is 6.10 Å². The molecule has 0 bridgehead atoms. The van der Waals surface area contributed by atoms with Crippen LogP contribution in [0.5, 0.6) is 0 Å². The van der Waals surface area contributed by atoms with Crippen molar-refractivity contribution >= 4 is 8.80 Å². The predicted molar refractivity (Wildman–Crippen MR) is 98.3 cm³/mol. The van der Waals surface area contributed by atoms with E-state index < -0.39 is 8.80 Å². The molecule has 0 aromatic heterocycles. The van der Waals surface area contributed by atoms with E-state index in [0.717, 1.165) is 51.2 Å². The van der Waals surface area contributed by atoms with Crippen molar-refractivity contribution in [2.45, 2.75) is 84.5 Å². The molecular formula is C18H38O5Si. The quantitative estimate of drug-likeness (QED) is 0.221. The summed E-state index contributed by atoms with van der Waals surface area (Å²) in [6.45, 7) is 12.2. The molecule has 0 aromatic carbocycles. The van der Waals surface area contributed by atoms with Crippen molar-refractivity contribution in [3.63, 3.8) is 0 Å². The first-order chi connectivity index (χ1) is 11.7. The minimum atomic E-state index is -2.69. The molecule has 0 N–H and O–H groups in total. The topological polar surface area (TPSA) is 49.5 Å². The summed E-state index contributed by atoms with van der Waals surface area (Å²) in [6, 6.07) is 0.723. The number of epoxide rings is 1. The molecule has 1 heterocycles. The average molecular weight is 363 g/mol. The molecular weight excluding hydrogens is 324 g/mol. The third-order valence-corrected chi connectivity index (χ3v) is 6.84. The first-order valence-corrected chi connectivity index (χ1v) is 11.7. The van der Waals surface area contributed by atoms with E-state index in [2.05, 4.69) is 27.7 Å². The Morgan fingerprint density at radius 3 is 2.12 bits per heavy atom. The molecule has 2 atom stereocenters. The van der Waals surface area contributed by atoms with Crippen molar-refractivity contribution in [1.29, 1.82) is 0 Å². The predicted octanol–water partition coefficient (Wildman–Crippen LogP) is 4.18. The lowest BCUT2D eigenvalue weighted by Crippen LogP contribution is -2.49. The largest absolute Gasteiger partial charge is 0.503 e. The van der Waals surface area contributed by atoms with Crippen molar-refractivity contribution in [3.8, 4) is 0 Å². The van der Waals surface area contributed by atoms with Gasteiger partial charge in [0.25, 0.3) is 0 Å². The highest BCUT2D eigenvalue weighted by atomic mass is 28.4. The third kappa shape index (κ3) is 10.1. The summed E-state index contributed by atoms with van der Waals surface area (Å²) < 4.78 is 29.8. The van der Waals surface area contributed by atoms with Crippen molar-refractivity contribution in [2.24, 2.45) is 0 Å². The minimum absolute atomic E-state index is 0.164. The SMILES string of the molecule is CCCCO[Si](CCOCC1CO1)(OCCCC)OC(C)CCC. The van der Waals surface area contributed by atoms with Gasteiger partial charge in [0, 0.05) is 25.4 Å². The van der Waals surface area contributed by atoms with Crippen molar-refractivity contribution in [2.75, 3.05) is 33.0 Å². The fourth-order valence-electron chi connectivity index (χ4n) is 2.41. The Bertz CT molecular complexity index is 289. The molecule has 1 aliphatic rings. The molecule has 1 rings (SSSR count). The van der Waals surface area contributed by atoms with Gasteiger partial charge in [0.1, 0.15) is 6.10 Å². The molecule has 0 radical (unpaired) electrons. The zero-order chi connectivity index (χ0) is 17.7. The molecule has 0 saturated carbocycles. The van der Waals surface area contributed by atoms with Gasteiger partial charge in [-0.15, -0.1) is 0 Å². The van der Waals surface area contributed by atoms with Gasteiger partial charge in [0.2, 0.25) is 0 Å². The van der Waals surface area contributed by atoms with Gasteiger partial charge in [0.05, 0.1) is 19.8 Å². The molecule has 1 saturated heterocycles.